The van der Waals surface area contributed by atoms with Gasteiger partial charge in [0.1, 0.15) is 11.5 Å². The van der Waals surface area contributed by atoms with Gasteiger partial charge in [-0.1, -0.05) is 133 Å². The normalized spacial score (nSPS) is 11.5. The Kier molecular flexibility index (Phi) is 7.53. The Labute approximate surface area is 291 Å². The van der Waals surface area contributed by atoms with E-state index in [4.69, 9.17) is 4.42 Å². The fourth-order valence-corrected chi connectivity index (χ4v) is 6.80. The molecule has 0 saturated heterocycles. The molecule has 50 heavy (non-hydrogen) atoms. The fraction of sp³-hybridized carbons (Fsp3) is 0. The van der Waals surface area contributed by atoms with Crippen molar-refractivity contribution in [2.45, 2.75) is 0 Å². The number of fused-ring (bicyclic) bond motifs is 3. The Balaban J connectivity index is 0.969. The second-order valence-corrected chi connectivity index (χ2v) is 12.7. The minimum Gasteiger partial charge on any atom is -0.456 e. The third kappa shape index (κ3) is 5.85. The predicted molar refractivity (Wildman–Crippen MR) is 212 cm³/mol. The molecular formula is C48H33NO. The van der Waals surface area contributed by atoms with Crippen molar-refractivity contribution in [2.75, 3.05) is 4.90 Å². The first-order chi connectivity index (χ1) is 24.7. The van der Waals surface area contributed by atoms with Crippen LogP contribution in [0.3, 0.4) is 0 Å². The van der Waals surface area contributed by atoms with Crippen molar-refractivity contribution in [2.24, 2.45) is 0 Å². The summed E-state index contributed by atoms with van der Waals surface area (Å²) in [6, 6.07) is 66.7. The summed E-state index contributed by atoms with van der Waals surface area (Å²) in [5.41, 5.74) is 7.89. The van der Waals surface area contributed by atoms with Crippen LogP contribution in [0.5, 0.6) is 0 Å². The summed E-state index contributed by atoms with van der Waals surface area (Å²) >= 11 is 0. The van der Waals surface area contributed by atoms with Gasteiger partial charge in [0.25, 0.3) is 0 Å². The Morgan fingerprint density at radius 3 is 1.48 bits per heavy atom. The van der Waals surface area contributed by atoms with E-state index < -0.39 is 0 Å². The zero-order valence-corrected chi connectivity index (χ0v) is 27.4. The quantitative estimate of drug-likeness (QED) is 0.161. The van der Waals surface area contributed by atoms with Crippen molar-refractivity contribution in [1.29, 1.82) is 0 Å². The number of para-hydroxylation sites is 1. The van der Waals surface area contributed by atoms with Crippen LogP contribution < -0.4 is 4.90 Å². The Morgan fingerprint density at radius 2 is 0.800 bits per heavy atom. The maximum absolute atomic E-state index is 6.21. The molecule has 0 bridgehead atoms. The highest BCUT2D eigenvalue weighted by Crippen LogP contribution is 2.38. The zero-order valence-electron chi connectivity index (χ0n) is 27.4. The smallest absolute Gasteiger partial charge is 0.134 e. The predicted octanol–water partition coefficient (Wildman–Crippen LogP) is 13.7. The molecule has 0 fully saturated rings. The molecule has 236 valence electrons. The van der Waals surface area contributed by atoms with Gasteiger partial charge in [-0.05, 0) is 110 Å². The Bertz CT molecular complexity index is 2650. The van der Waals surface area contributed by atoms with Crippen molar-refractivity contribution in [3.63, 3.8) is 0 Å². The summed E-state index contributed by atoms with van der Waals surface area (Å²) in [5.74, 6) is 1.75. The molecule has 0 amide bonds. The minimum atomic E-state index is 0.875. The average molecular weight is 640 g/mol. The molecule has 8 aromatic carbocycles. The Hall–Kier alpha value is -6.64. The molecule has 0 radical (unpaired) electrons. The van der Waals surface area contributed by atoms with Gasteiger partial charge in [-0.15, -0.1) is 0 Å². The van der Waals surface area contributed by atoms with Crippen LogP contribution >= 0.6 is 0 Å². The van der Waals surface area contributed by atoms with E-state index in [1.54, 1.807) is 0 Å². The lowest BCUT2D eigenvalue weighted by atomic mass is 10.0. The second-order valence-electron chi connectivity index (χ2n) is 12.7. The molecule has 0 unspecified atom stereocenters. The molecule has 0 spiro atoms. The lowest BCUT2D eigenvalue weighted by Gasteiger charge is -2.26. The van der Waals surface area contributed by atoms with Crippen LogP contribution in [-0.4, -0.2) is 0 Å². The first-order valence-corrected chi connectivity index (χ1v) is 17.0. The SMILES string of the molecule is C(=C\c1ccc2cc(N(c3ccccc3)c3ccc4ccccc4c3)ccc2c1)/c1ccc2cc(-c3ccc(-c4ccccc4)o3)ccc2c1. The van der Waals surface area contributed by atoms with Crippen LogP contribution in [0.1, 0.15) is 11.1 Å². The van der Waals surface area contributed by atoms with Gasteiger partial charge in [0, 0.05) is 28.2 Å². The van der Waals surface area contributed by atoms with Crippen LogP contribution in [-0.2, 0) is 0 Å². The summed E-state index contributed by atoms with van der Waals surface area (Å²) in [5, 5.41) is 7.27. The summed E-state index contributed by atoms with van der Waals surface area (Å²) in [6.07, 6.45) is 4.39. The maximum atomic E-state index is 6.21. The van der Waals surface area contributed by atoms with Crippen LogP contribution in [0.15, 0.2) is 192 Å². The topological polar surface area (TPSA) is 16.4 Å². The largest absolute Gasteiger partial charge is 0.456 e. The summed E-state index contributed by atoms with van der Waals surface area (Å²) in [7, 11) is 0. The number of anilines is 3. The molecule has 2 heteroatoms. The van der Waals surface area contributed by atoms with Crippen LogP contribution in [0, 0.1) is 0 Å². The van der Waals surface area contributed by atoms with Crippen molar-refractivity contribution in [3.05, 3.63) is 199 Å². The zero-order chi connectivity index (χ0) is 33.3. The van der Waals surface area contributed by atoms with E-state index in [-0.39, 0.29) is 0 Å². The summed E-state index contributed by atoms with van der Waals surface area (Å²) in [4.78, 5) is 2.33. The molecule has 0 N–H and O–H groups in total. The van der Waals surface area contributed by atoms with Gasteiger partial charge in [0.2, 0.25) is 0 Å². The first-order valence-electron chi connectivity index (χ1n) is 17.0. The van der Waals surface area contributed by atoms with Crippen molar-refractivity contribution in [3.8, 4) is 22.6 Å². The molecule has 0 aliphatic heterocycles. The molecule has 2 nitrogen and oxygen atoms in total. The number of benzene rings is 8. The molecule has 0 aliphatic rings. The van der Waals surface area contributed by atoms with E-state index >= 15 is 0 Å². The highest BCUT2D eigenvalue weighted by molar-refractivity contribution is 5.94. The summed E-state index contributed by atoms with van der Waals surface area (Å²) in [6.45, 7) is 0. The standard InChI is InChI=1S/C48H33NO/c1-3-10-37(11-4-1)47-27-28-48(50-47)43-22-21-39-29-34(17-19-41(39)31-43)15-16-35-18-20-42-33-46(26-24-40(42)30-35)49(44-13-5-2-6-14-44)45-25-23-36-9-7-8-12-38(36)32-45/h1-33H/b16-15+. The van der Waals surface area contributed by atoms with Gasteiger partial charge in [-0.3, -0.25) is 0 Å². The van der Waals surface area contributed by atoms with Gasteiger partial charge in [-0.25, -0.2) is 0 Å². The monoisotopic (exact) mass is 639 g/mol. The molecule has 9 aromatic rings. The van der Waals surface area contributed by atoms with Gasteiger partial charge < -0.3 is 9.32 Å². The lowest BCUT2D eigenvalue weighted by molar-refractivity contribution is 0.597. The van der Waals surface area contributed by atoms with E-state index in [1.165, 1.54) is 43.4 Å². The molecule has 0 saturated carbocycles. The number of hydrogen-bond acceptors (Lipinski definition) is 2. The third-order valence-electron chi connectivity index (χ3n) is 9.39. The van der Waals surface area contributed by atoms with E-state index in [1.807, 2.05) is 24.3 Å². The highest BCUT2D eigenvalue weighted by atomic mass is 16.3. The highest BCUT2D eigenvalue weighted by Gasteiger charge is 2.14. The van der Waals surface area contributed by atoms with Crippen molar-refractivity contribution >= 4 is 61.5 Å². The number of nitrogens with zero attached hydrogens (tertiary/aromatic N) is 1. The molecular weight excluding hydrogens is 607 g/mol. The molecule has 0 aliphatic carbocycles. The van der Waals surface area contributed by atoms with Gasteiger partial charge in [0.15, 0.2) is 0 Å². The number of hydrogen-bond donors (Lipinski definition) is 0. The first kappa shape index (κ1) is 29.5. The number of furan rings is 1. The Morgan fingerprint density at radius 1 is 0.320 bits per heavy atom. The van der Waals surface area contributed by atoms with Gasteiger partial charge in [-0.2, -0.15) is 0 Å². The molecule has 1 heterocycles. The van der Waals surface area contributed by atoms with Crippen LogP contribution in [0.2, 0.25) is 0 Å². The van der Waals surface area contributed by atoms with Gasteiger partial charge in [0.05, 0.1) is 0 Å². The minimum absolute atomic E-state index is 0.875. The van der Waals surface area contributed by atoms with Crippen LogP contribution in [0.25, 0.3) is 67.1 Å². The van der Waals surface area contributed by atoms with Crippen LogP contribution in [0.4, 0.5) is 17.1 Å². The van der Waals surface area contributed by atoms with Gasteiger partial charge >= 0.3 is 0 Å². The summed E-state index contributed by atoms with van der Waals surface area (Å²) < 4.78 is 6.21. The lowest BCUT2D eigenvalue weighted by Crippen LogP contribution is -2.09. The maximum Gasteiger partial charge on any atom is 0.134 e. The van der Waals surface area contributed by atoms with Crippen molar-refractivity contribution < 1.29 is 4.42 Å². The fourth-order valence-electron chi connectivity index (χ4n) is 6.80. The third-order valence-corrected chi connectivity index (χ3v) is 9.39. The van der Waals surface area contributed by atoms with E-state index in [9.17, 15) is 0 Å². The number of rotatable bonds is 7. The molecule has 0 atom stereocenters. The molecule has 9 rings (SSSR count). The van der Waals surface area contributed by atoms with E-state index in [0.717, 1.165) is 39.7 Å². The molecule has 1 aromatic heterocycles. The average Bonchev–Trinajstić information content (AvgIpc) is 3.68. The second kappa shape index (κ2) is 12.8. The van der Waals surface area contributed by atoms with E-state index in [0.29, 0.717) is 0 Å². The van der Waals surface area contributed by atoms with E-state index in [2.05, 4.69) is 181 Å². The van der Waals surface area contributed by atoms with Crippen molar-refractivity contribution in [1.82, 2.24) is 0 Å².